The number of nitrogens with one attached hydrogen (secondary N) is 1. The Kier molecular flexibility index (Phi) is 6.31. The number of ether oxygens (including phenoxy) is 2. The molecule has 0 aliphatic rings. The van der Waals surface area contributed by atoms with Gasteiger partial charge in [0.25, 0.3) is 5.56 Å². The highest BCUT2D eigenvalue weighted by atomic mass is 32.2. The number of amides is 1. The molecule has 4 aromatic rings. The smallest absolute Gasteiger partial charge is 0.262 e. The van der Waals surface area contributed by atoms with Crippen LogP contribution in [0, 0.1) is 0 Å². The molecule has 0 saturated heterocycles. The summed E-state index contributed by atoms with van der Waals surface area (Å²) in [6.07, 6.45) is 0.787. The Balaban J connectivity index is 1.62. The van der Waals surface area contributed by atoms with E-state index in [0.717, 1.165) is 6.42 Å². The number of carbonyl (C=O) groups excluding carboxylic acids is 1. The van der Waals surface area contributed by atoms with Crippen LogP contribution in [-0.4, -0.2) is 45.0 Å². The molecular formula is C22H23N5O4S. The third-order valence-corrected chi connectivity index (χ3v) is 5.82. The standard InChI is InChI=1S/C22H23N5O4S/c1-4-9-26-20(29)17-7-5-6-8-18(17)27-21(26)24-25-22(27)32-13-19(28)23-14-10-15(30-2)12-16(11-14)31-3/h5-8,10-12H,4,9,13H2,1-3H3,(H,23,28). The molecular weight excluding hydrogens is 430 g/mol. The Morgan fingerprint density at radius 3 is 2.50 bits per heavy atom. The number of hydrogen-bond acceptors (Lipinski definition) is 7. The third kappa shape index (κ3) is 4.13. The molecule has 10 heteroatoms. The van der Waals surface area contributed by atoms with Crippen molar-refractivity contribution in [1.29, 1.82) is 0 Å². The highest BCUT2D eigenvalue weighted by Gasteiger charge is 2.17. The molecule has 9 nitrogen and oxygen atoms in total. The number of aromatic nitrogens is 4. The second kappa shape index (κ2) is 9.31. The molecule has 2 aromatic heterocycles. The first-order valence-corrected chi connectivity index (χ1v) is 11.1. The lowest BCUT2D eigenvalue weighted by atomic mass is 10.2. The minimum atomic E-state index is -0.215. The highest BCUT2D eigenvalue weighted by Crippen LogP contribution is 2.26. The molecule has 2 aromatic carbocycles. The number of carbonyl (C=O) groups is 1. The molecule has 0 bridgehead atoms. The van der Waals surface area contributed by atoms with E-state index in [0.29, 0.717) is 45.6 Å². The van der Waals surface area contributed by atoms with Crippen LogP contribution in [0.3, 0.4) is 0 Å². The third-order valence-electron chi connectivity index (χ3n) is 4.89. The summed E-state index contributed by atoms with van der Waals surface area (Å²) in [7, 11) is 3.10. The first-order chi connectivity index (χ1) is 15.5. The van der Waals surface area contributed by atoms with Gasteiger partial charge in [0.2, 0.25) is 11.7 Å². The summed E-state index contributed by atoms with van der Waals surface area (Å²) in [5, 5.41) is 12.5. The van der Waals surface area contributed by atoms with Crippen LogP contribution in [0.25, 0.3) is 16.7 Å². The van der Waals surface area contributed by atoms with Crippen LogP contribution in [-0.2, 0) is 11.3 Å². The van der Waals surface area contributed by atoms with E-state index in [4.69, 9.17) is 9.47 Å². The molecule has 0 aliphatic heterocycles. The Hall–Kier alpha value is -3.53. The average Bonchev–Trinajstić information content (AvgIpc) is 3.24. The second-order valence-corrected chi connectivity index (χ2v) is 7.97. The van der Waals surface area contributed by atoms with Crippen LogP contribution in [0.5, 0.6) is 11.5 Å². The topological polar surface area (TPSA) is 99.8 Å². The summed E-state index contributed by atoms with van der Waals surface area (Å²) in [6, 6.07) is 12.5. The van der Waals surface area contributed by atoms with Gasteiger partial charge in [0.1, 0.15) is 11.5 Å². The Morgan fingerprint density at radius 1 is 1.09 bits per heavy atom. The van der Waals surface area contributed by atoms with Gasteiger partial charge in [-0.25, -0.2) is 0 Å². The van der Waals surface area contributed by atoms with E-state index in [1.807, 2.05) is 29.5 Å². The lowest BCUT2D eigenvalue weighted by Crippen LogP contribution is -2.23. The highest BCUT2D eigenvalue weighted by molar-refractivity contribution is 7.99. The molecule has 4 rings (SSSR count). The number of thioether (sulfide) groups is 1. The Morgan fingerprint density at radius 2 is 1.81 bits per heavy atom. The normalized spacial score (nSPS) is 11.1. The summed E-state index contributed by atoms with van der Waals surface area (Å²) >= 11 is 1.25. The molecule has 0 unspecified atom stereocenters. The summed E-state index contributed by atoms with van der Waals surface area (Å²) in [6.45, 7) is 2.54. The number of aryl methyl sites for hydroxylation is 1. The maximum Gasteiger partial charge on any atom is 0.262 e. The Labute approximate surface area is 188 Å². The van der Waals surface area contributed by atoms with Gasteiger partial charge >= 0.3 is 0 Å². The van der Waals surface area contributed by atoms with E-state index in [-0.39, 0.29) is 17.2 Å². The molecule has 2 heterocycles. The predicted molar refractivity (Wildman–Crippen MR) is 124 cm³/mol. The van der Waals surface area contributed by atoms with Gasteiger partial charge in [0.05, 0.1) is 30.9 Å². The molecule has 0 radical (unpaired) electrons. The minimum Gasteiger partial charge on any atom is -0.497 e. The van der Waals surface area contributed by atoms with Gasteiger partial charge in [-0.2, -0.15) is 0 Å². The predicted octanol–water partition coefficient (Wildman–Crippen LogP) is 3.20. The van der Waals surface area contributed by atoms with Gasteiger partial charge in [-0.05, 0) is 18.6 Å². The SMILES string of the molecule is CCCn1c(=O)c2ccccc2n2c(SCC(=O)Nc3cc(OC)cc(OC)c3)nnc12. The molecule has 166 valence electrons. The number of para-hydroxylation sites is 1. The molecule has 32 heavy (non-hydrogen) atoms. The van der Waals surface area contributed by atoms with Gasteiger partial charge < -0.3 is 14.8 Å². The fourth-order valence-corrected chi connectivity index (χ4v) is 4.20. The van der Waals surface area contributed by atoms with E-state index in [2.05, 4.69) is 15.5 Å². The summed E-state index contributed by atoms with van der Waals surface area (Å²) in [5.74, 6) is 1.53. The number of nitrogens with zero attached hydrogens (tertiary/aromatic N) is 4. The molecule has 1 N–H and O–H groups in total. The molecule has 0 aliphatic carbocycles. The zero-order chi connectivity index (χ0) is 22.7. The van der Waals surface area contributed by atoms with Crippen molar-refractivity contribution in [2.75, 3.05) is 25.3 Å². The molecule has 1 amide bonds. The first-order valence-electron chi connectivity index (χ1n) is 10.1. The van der Waals surface area contributed by atoms with Crippen molar-refractivity contribution < 1.29 is 14.3 Å². The van der Waals surface area contributed by atoms with Gasteiger partial charge in [0.15, 0.2) is 5.16 Å². The summed E-state index contributed by atoms with van der Waals surface area (Å²) < 4.78 is 13.9. The quantitative estimate of drug-likeness (QED) is 0.409. The van der Waals surface area contributed by atoms with E-state index in [1.165, 1.54) is 11.8 Å². The van der Waals surface area contributed by atoms with Crippen LogP contribution in [0.15, 0.2) is 52.4 Å². The lowest BCUT2D eigenvalue weighted by Gasteiger charge is -2.11. The van der Waals surface area contributed by atoms with Crippen molar-refractivity contribution in [2.45, 2.75) is 25.0 Å². The monoisotopic (exact) mass is 453 g/mol. The van der Waals surface area contributed by atoms with Crippen LogP contribution in [0.2, 0.25) is 0 Å². The van der Waals surface area contributed by atoms with Gasteiger partial charge in [-0.15, -0.1) is 10.2 Å². The van der Waals surface area contributed by atoms with Crippen molar-refractivity contribution >= 4 is 40.0 Å². The van der Waals surface area contributed by atoms with E-state index in [1.54, 1.807) is 43.1 Å². The number of fused-ring (bicyclic) bond motifs is 3. The van der Waals surface area contributed by atoms with Crippen molar-refractivity contribution in [2.24, 2.45) is 0 Å². The van der Waals surface area contributed by atoms with Crippen LogP contribution in [0.4, 0.5) is 5.69 Å². The van der Waals surface area contributed by atoms with Gasteiger partial charge in [-0.1, -0.05) is 30.8 Å². The van der Waals surface area contributed by atoms with Crippen molar-refractivity contribution in [3.05, 3.63) is 52.8 Å². The maximum atomic E-state index is 12.9. The van der Waals surface area contributed by atoms with Gasteiger partial charge in [-0.3, -0.25) is 18.6 Å². The Bertz CT molecular complexity index is 1330. The van der Waals surface area contributed by atoms with Crippen molar-refractivity contribution in [3.8, 4) is 11.5 Å². The number of rotatable bonds is 8. The largest absolute Gasteiger partial charge is 0.497 e. The summed E-state index contributed by atoms with van der Waals surface area (Å²) in [4.78, 5) is 25.5. The van der Waals surface area contributed by atoms with E-state index >= 15 is 0 Å². The maximum absolute atomic E-state index is 12.9. The lowest BCUT2D eigenvalue weighted by molar-refractivity contribution is -0.113. The van der Waals surface area contributed by atoms with Crippen LogP contribution in [0.1, 0.15) is 13.3 Å². The zero-order valence-corrected chi connectivity index (χ0v) is 18.8. The zero-order valence-electron chi connectivity index (χ0n) is 18.0. The summed E-state index contributed by atoms with van der Waals surface area (Å²) in [5.41, 5.74) is 1.19. The van der Waals surface area contributed by atoms with Crippen molar-refractivity contribution in [1.82, 2.24) is 19.2 Å². The molecule has 0 atom stereocenters. The van der Waals surface area contributed by atoms with E-state index in [9.17, 15) is 9.59 Å². The molecule has 0 spiro atoms. The second-order valence-electron chi connectivity index (χ2n) is 7.03. The molecule has 0 fully saturated rings. The van der Waals surface area contributed by atoms with Crippen molar-refractivity contribution in [3.63, 3.8) is 0 Å². The average molecular weight is 454 g/mol. The molecule has 0 saturated carbocycles. The fourth-order valence-electron chi connectivity index (χ4n) is 3.46. The first kappa shape index (κ1) is 21.7. The van der Waals surface area contributed by atoms with Gasteiger partial charge in [0, 0.05) is 30.4 Å². The fraction of sp³-hybridized carbons (Fsp3) is 0.273. The number of methoxy groups -OCH3 is 2. The minimum absolute atomic E-state index is 0.0939. The van der Waals surface area contributed by atoms with Crippen LogP contribution < -0.4 is 20.3 Å². The number of benzene rings is 2. The van der Waals surface area contributed by atoms with Crippen LogP contribution >= 0.6 is 11.8 Å². The number of hydrogen-bond donors (Lipinski definition) is 1. The van der Waals surface area contributed by atoms with E-state index < -0.39 is 0 Å². The number of anilines is 1.